The van der Waals surface area contributed by atoms with Crippen LogP contribution in [-0.2, 0) is 11.0 Å². The maximum atomic E-state index is 11.1. The highest BCUT2D eigenvalue weighted by Gasteiger charge is 2.37. The Morgan fingerprint density at radius 3 is 2.47 bits per heavy atom. The van der Waals surface area contributed by atoms with Gasteiger partial charge < -0.3 is 8.84 Å². The number of aromatic nitrogens is 1. The molecule has 0 N–H and O–H groups in total. The van der Waals surface area contributed by atoms with Crippen LogP contribution < -0.4 is 0 Å². The van der Waals surface area contributed by atoms with Crippen LogP contribution in [0.4, 0.5) is 0 Å². The summed E-state index contributed by atoms with van der Waals surface area (Å²) >= 11 is 0. The highest BCUT2D eigenvalue weighted by Crippen LogP contribution is 2.36. The molecule has 0 radical (unpaired) electrons. The molecule has 0 unspecified atom stereocenters. The van der Waals surface area contributed by atoms with E-state index in [-0.39, 0.29) is 10.8 Å². The van der Waals surface area contributed by atoms with E-state index in [0.29, 0.717) is 18.2 Å². The van der Waals surface area contributed by atoms with Crippen molar-refractivity contribution in [2.75, 3.05) is 0 Å². The van der Waals surface area contributed by atoms with Crippen LogP contribution in [0.5, 0.6) is 0 Å². The summed E-state index contributed by atoms with van der Waals surface area (Å²) in [5.74, 6) is 0.382. The van der Waals surface area contributed by atoms with Gasteiger partial charge in [-0.25, -0.2) is 4.98 Å². The standard InChI is InChI=1S/C12H21NO3Si/c1-9(14)10-7-15-11(13-10)8-16-17(5,6)12(2,3)4/h7H,8H2,1-6H3. The third-order valence-electron chi connectivity index (χ3n) is 3.28. The molecule has 5 heteroatoms. The summed E-state index contributed by atoms with van der Waals surface area (Å²) in [4.78, 5) is 15.1. The molecule has 0 aliphatic rings. The number of carbonyl (C=O) groups excluding carboxylic acids is 1. The molecule has 0 spiro atoms. The molecule has 0 aliphatic carbocycles. The quantitative estimate of drug-likeness (QED) is 0.611. The van der Waals surface area contributed by atoms with E-state index in [1.165, 1.54) is 13.2 Å². The lowest BCUT2D eigenvalue weighted by molar-refractivity contribution is 0.101. The fourth-order valence-electron chi connectivity index (χ4n) is 0.998. The lowest BCUT2D eigenvalue weighted by Gasteiger charge is -2.35. The minimum absolute atomic E-state index is 0.0904. The number of oxazole rings is 1. The predicted molar refractivity (Wildman–Crippen MR) is 68.5 cm³/mol. The normalized spacial score (nSPS) is 12.8. The molecule has 4 nitrogen and oxygen atoms in total. The number of Topliss-reactive ketones (excluding diaryl/α,β-unsaturated/α-hetero) is 1. The Morgan fingerprint density at radius 1 is 1.47 bits per heavy atom. The zero-order valence-corrected chi connectivity index (χ0v) is 12.5. The molecule has 1 aromatic heterocycles. The number of nitrogens with zero attached hydrogens (tertiary/aromatic N) is 1. The Hall–Kier alpha value is -0.943. The SMILES string of the molecule is CC(=O)c1coc(CO[Si](C)(C)C(C)(C)C)n1. The molecular formula is C12H21NO3Si. The fraction of sp³-hybridized carbons (Fsp3) is 0.667. The zero-order valence-electron chi connectivity index (χ0n) is 11.5. The molecule has 17 heavy (non-hydrogen) atoms. The van der Waals surface area contributed by atoms with Gasteiger partial charge in [-0.1, -0.05) is 20.8 Å². The number of rotatable bonds is 4. The smallest absolute Gasteiger partial charge is 0.219 e. The Morgan fingerprint density at radius 2 is 2.06 bits per heavy atom. The molecule has 0 amide bonds. The molecule has 0 atom stereocenters. The second-order valence-corrected chi connectivity index (χ2v) is 10.5. The largest absolute Gasteiger partial charge is 0.446 e. The summed E-state index contributed by atoms with van der Waals surface area (Å²) in [6.45, 7) is 12.7. The van der Waals surface area contributed by atoms with E-state index in [9.17, 15) is 4.79 Å². The summed E-state index contributed by atoms with van der Waals surface area (Å²) < 4.78 is 11.1. The Balaban J connectivity index is 2.64. The fourth-order valence-corrected chi connectivity index (χ4v) is 1.91. The lowest BCUT2D eigenvalue weighted by atomic mass is 10.2. The third-order valence-corrected chi connectivity index (χ3v) is 7.75. The van der Waals surface area contributed by atoms with Crippen molar-refractivity contribution in [1.82, 2.24) is 4.98 Å². The van der Waals surface area contributed by atoms with Crippen molar-refractivity contribution in [2.45, 2.75) is 52.4 Å². The number of hydrogen-bond donors (Lipinski definition) is 0. The van der Waals surface area contributed by atoms with Gasteiger partial charge in [0.2, 0.25) is 5.89 Å². The Labute approximate surface area is 104 Å². The maximum absolute atomic E-state index is 11.1. The molecule has 0 aliphatic heterocycles. The maximum Gasteiger partial charge on any atom is 0.219 e. The van der Waals surface area contributed by atoms with Crippen molar-refractivity contribution in [3.8, 4) is 0 Å². The van der Waals surface area contributed by atoms with Crippen molar-refractivity contribution in [1.29, 1.82) is 0 Å². The van der Waals surface area contributed by atoms with Crippen LogP contribution in [0.3, 0.4) is 0 Å². The zero-order chi connectivity index (χ0) is 13.3. The highest BCUT2D eigenvalue weighted by atomic mass is 28.4. The van der Waals surface area contributed by atoms with E-state index in [0.717, 1.165) is 0 Å². The van der Waals surface area contributed by atoms with Crippen LogP contribution in [0.1, 0.15) is 44.1 Å². The first kappa shape index (κ1) is 14.1. The van der Waals surface area contributed by atoms with Crippen LogP contribution in [0, 0.1) is 0 Å². The summed E-state index contributed by atoms with van der Waals surface area (Å²) in [5.41, 5.74) is 0.360. The van der Waals surface area contributed by atoms with Gasteiger partial charge in [0, 0.05) is 6.92 Å². The monoisotopic (exact) mass is 255 g/mol. The first-order valence-electron chi connectivity index (χ1n) is 5.73. The summed E-state index contributed by atoms with van der Waals surface area (Å²) in [6.07, 6.45) is 1.38. The van der Waals surface area contributed by atoms with E-state index in [2.05, 4.69) is 38.8 Å². The Bertz CT molecular complexity index is 404. The molecule has 0 saturated carbocycles. The van der Waals surface area contributed by atoms with E-state index in [4.69, 9.17) is 8.84 Å². The molecule has 1 aromatic rings. The average molecular weight is 255 g/mol. The first-order valence-corrected chi connectivity index (χ1v) is 8.63. The van der Waals surface area contributed by atoms with Gasteiger partial charge in [-0.05, 0) is 18.1 Å². The number of ketones is 1. The average Bonchev–Trinajstić information content (AvgIpc) is 2.61. The van der Waals surface area contributed by atoms with Gasteiger partial charge in [-0.3, -0.25) is 4.79 Å². The van der Waals surface area contributed by atoms with Crippen LogP contribution in [0.25, 0.3) is 0 Å². The predicted octanol–water partition coefficient (Wildman–Crippen LogP) is 3.40. The van der Waals surface area contributed by atoms with Crippen LogP contribution in [-0.4, -0.2) is 19.1 Å². The van der Waals surface area contributed by atoms with Gasteiger partial charge in [0.15, 0.2) is 14.1 Å². The number of hydrogen-bond acceptors (Lipinski definition) is 4. The molecule has 1 rings (SSSR count). The van der Waals surface area contributed by atoms with E-state index in [1.54, 1.807) is 0 Å². The van der Waals surface area contributed by atoms with Crippen molar-refractivity contribution < 1.29 is 13.6 Å². The van der Waals surface area contributed by atoms with Crippen molar-refractivity contribution in [3.05, 3.63) is 17.8 Å². The van der Waals surface area contributed by atoms with Crippen molar-refractivity contribution in [3.63, 3.8) is 0 Å². The van der Waals surface area contributed by atoms with E-state index < -0.39 is 8.32 Å². The van der Waals surface area contributed by atoms with Crippen LogP contribution >= 0.6 is 0 Å². The molecule has 0 saturated heterocycles. The highest BCUT2D eigenvalue weighted by molar-refractivity contribution is 6.74. The molecule has 0 fully saturated rings. The minimum Gasteiger partial charge on any atom is -0.446 e. The summed E-state index contributed by atoms with van der Waals surface area (Å²) in [5, 5.41) is 0.156. The molecular weight excluding hydrogens is 234 g/mol. The van der Waals surface area contributed by atoms with Gasteiger partial charge in [0.25, 0.3) is 0 Å². The second kappa shape index (κ2) is 4.74. The third kappa shape index (κ3) is 3.51. The first-order chi connectivity index (χ1) is 7.63. The van der Waals surface area contributed by atoms with Crippen molar-refractivity contribution in [2.24, 2.45) is 0 Å². The molecule has 96 valence electrons. The van der Waals surface area contributed by atoms with Gasteiger partial charge in [-0.15, -0.1) is 0 Å². The van der Waals surface area contributed by atoms with Crippen LogP contribution in [0.15, 0.2) is 10.7 Å². The lowest BCUT2D eigenvalue weighted by Crippen LogP contribution is -2.40. The summed E-state index contributed by atoms with van der Waals surface area (Å²) in [6, 6.07) is 0. The van der Waals surface area contributed by atoms with Gasteiger partial charge >= 0.3 is 0 Å². The van der Waals surface area contributed by atoms with E-state index >= 15 is 0 Å². The topological polar surface area (TPSA) is 52.3 Å². The van der Waals surface area contributed by atoms with Gasteiger partial charge in [0.05, 0.1) is 0 Å². The van der Waals surface area contributed by atoms with Crippen LogP contribution in [0.2, 0.25) is 18.1 Å². The van der Waals surface area contributed by atoms with Gasteiger partial charge in [0.1, 0.15) is 18.6 Å². The molecule has 0 bridgehead atoms. The number of carbonyl (C=O) groups is 1. The molecule has 0 aromatic carbocycles. The van der Waals surface area contributed by atoms with Gasteiger partial charge in [-0.2, -0.15) is 0 Å². The second-order valence-electron chi connectivity index (χ2n) is 5.73. The summed E-state index contributed by atoms with van der Waals surface area (Å²) in [7, 11) is -1.79. The van der Waals surface area contributed by atoms with Crippen molar-refractivity contribution >= 4 is 14.1 Å². The molecule has 1 heterocycles. The Kier molecular flexibility index (Phi) is 3.94. The van der Waals surface area contributed by atoms with E-state index in [1.807, 2.05) is 0 Å². The minimum atomic E-state index is -1.79.